The maximum atomic E-state index is 10.7. The fourth-order valence-corrected chi connectivity index (χ4v) is 1.40. The summed E-state index contributed by atoms with van der Waals surface area (Å²) in [6.45, 7) is 3.67. The second-order valence-corrected chi connectivity index (χ2v) is 3.14. The average Bonchev–Trinajstić information content (AvgIpc) is 2.15. The molecule has 13 heavy (non-hydrogen) atoms. The monoisotopic (exact) mass is 188 g/mol. The van der Waals surface area contributed by atoms with Crippen molar-refractivity contribution < 1.29 is 14.6 Å². The zero-order chi connectivity index (χ0) is 9.68. The van der Waals surface area contributed by atoms with Crippen LogP contribution in [0.5, 0.6) is 0 Å². The molecule has 1 saturated heterocycles. The summed E-state index contributed by atoms with van der Waals surface area (Å²) >= 11 is 0. The molecule has 1 rings (SSSR count). The molecular formula is C8H16N2O3. The van der Waals surface area contributed by atoms with E-state index >= 15 is 0 Å². The fourth-order valence-electron chi connectivity index (χ4n) is 1.40. The van der Waals surface area contributed by atoms with Crippen molar-refractivity contribution in [1.29, 1.82) is 0 Å². The molecule has 0 bridgehead atoms. The second-order valence-electron chi connectivity index (χ2n) is 3.14. The van der Waals surface area contributed by atoms with E-state index in [0.717, 1.165) is 19.6 Å². The smallest absolute Gasteiger partial charge is 0.322 e. The Morgan fingerprint density at radius 3 is 3.15 bits per heavy atom. The van der Waals surface area contributed by atoms with Crippen molar-refractivity contribution in [1.82, 2.24) is 10.2 Å². The van der Waals surface area contributed by atoms with Crippen molar-refractivity contribution >= 4 is 5.97 Å². The molecule has 1 aliphatic heterocycles. The van der Waals surface area contributed by atoms with Crippen LogP contribution in [0.4, 0.5) is 0 Å². The van der Waals surface area contributed by atoms with E-state index < -0.39 is 12.0 Å². The first kappa shape index (κ1) is 10.4. The molecule has 76 valence electrons. The van der Waals surface area contributed by atoms with Crippen LogP contribution < -0.4 is 5.32 Å². The quantitative estimate of drug-likeness (QED) is 0.592. The lowest BCUT2D eigenvalue weighted by Crippen LogP contribution is -2.54. The molecule has 1 heterocycles. The Morgan fingerprint density at radius 1 is 1.77 bits per heavy atom. The van der Waals surface area contributed by atoms with Gasteiger partial charge in [-0.15, -0.1) is 0 Å². The Hall–Kier alpha value is -0.650. The number of piperazine rings is 1. The SMILES string of the molecule is COCCN1CCNC(C(=O)O)C1. The number of carboxylic acids is 1. The highest BCUT2D eigenvalue weighted by molar-refractivity contribution is 5.73. The van der Waals surface area contributed by atoms with Gasteiger partial charge in [-0.2, -0.15) is 0 Å². The van der Waals surface area contributed by atoms with E-state index in [1.807, 2.05) is 0 Å². The van der Waals surface area contributed by atoms with Crippen molar-refractivity contribution in [2.75, 3.05) is 39.9 Å². The van der Waals surface area contributed by atoms with E-state index in [-0.39, 0.29) is 0 Å². The van der Waals surface area contributed by atoms with Crippen LogP contribution in [-0.2, 0) is 9.53 Å². The number of methoxy groups -OCH3 is 1. The zero-order valence-corrected chi connectivity index (χ0v) is 7.82. The number of aliphatic carboxylic acids is 1. The van der Waals surface area contributed by atoms with Gasteiger partial charge in [0.2, 0.25) is 0 Å². The van der Waals surface area contributed by atoms with Gasteiger partial charge in [0.1, 0.15) is 6.04 Å². The van der Waals surface area contributed by atoms with Gasteiger partial charge in [-0.25, -0.2) is 0 Å². The summed E-state index contributed by atoms with van der Waals surface area (Å²) in [6.07, 6.45) is 0. The van der Waals surface area contributed by atoms with Gasteiger partial charge in [-0.05, 0) is 0 Å². The van der Waals surface area contributed by atoms with Crippen LogP contribution in [-0.4, -0.2) is 61.9 Å². The van der Waals surface area contributed by atoms with Gasteiger partial charge in [0.05, 0.1) is 6.61 Å². The predicted molar refractivity (Wildman–Crippen MR) is 47.7 cm³/mol. The Kier molecular flexibility index (Phi) is 4.14. The number of carboxylic acid groups (broad SMARTS) is 1. The van der Waals surface area contributed by atoms with E-state index in [9.17, 15) is 4.79 Å². The molecule has 0 aromatic carbocycles. The molecule has 0 aliphatic carbocycles. The number of nitrogens with zero attached hydrogens (tertiary/aromatic N) is 1. The van der Waals surface area contributed by atoms with E-state index in [4.69, 9.17) is 9.84 Å². The maximum absolute atomic E-state index is 10.7. The Bertz CT molecular complexity index is 175. The van der Waals surface area contributed by atoms with Crippen LogP contribution >= 0.6 is 0 Å². The Balaban J connectivity index is 2.29. The van der Waals surface area contributed by atoms with E-state index in [1.54, 1.807) is 7.11 Å². The number of rotatable bonds is 4. The van der Waals surface area contributed by atoms with Gasteiger partial charge in [-0.3, -0.25) is 9.69 Å². The molecule has 5 heteroatoms. The summed E-state index contributed by atoms with van der Waals surface area (Å²) in [5, 5.41) is 11.7. The van der Waals surface area contributed by atoms with Gasteiger partial charge in [-0.1, -0.05) is 0 Å². The van der Waals surface area contributed by atoms with Crippen molar-refractivity contribution in [3.63, 3.8) is 0 Å². The molecule has 1 aliphatic rings. The zero-order valence-electron chi connectivity index (χ0n) is 7.82. The minimum absolute atomic E-state index is 0.425. The van der Waals surface area contributed by atoms with Crippen LogP contribution in [0.15, 0.2) is 0 Å². The third-order valence-electron chi connectivity index (χ3n) is 2.17. The van der Waals surface area contributed by atoms with Crippen molar-refractivity contribution in [2.45, 2.75) is 6.04 Å². The first-order chi connectivity index (χ1) is 6.24. The lowest BCUT2D eigenvalue weighted by atomic mass is 10.2. The summed E-state index contributed by atoms with van der Waals surface area (Å²) in [5.74, 6) is -0.776. The third kappa shape index (κ3) is 3.30. The number of hydrogen-bond acceptors (Lipinski definition) is 4. The number of hydrogen-bond donors (Lipinski definition) is 2. The second kappa shape index (κ2) is 5.16. The van der Waals surface area contributed by atoms with Gasteiger partial charge >= 0.3 is 5.97 Å². The van der Waals surface area contributed by atoms with Crippen LogP contribution in [0, 0.1) is 0 Å². The lowest BCUT2D eigenvalue weighted by molar-refractivity contribution is -0.140. The number of nitrogens with one attached hydrogen (secondary N) is 1. The molecular weight excluding hydrogens is 172 g/mol. The molecule has 0 spiro atoms. The number of carbonyl (C=O) groups is 1. The summed E-state index contributed by atoms with van der Waals surface area (Å²) in [7, 11) is 1.65. The van der Waals surface area contributed by atoms with Crippen molar-refractivity contribution in [3.8, 4) is 0 Å². The summed E-state index contributed by atoms with van der Waals surface area (Å²) < 4.78 is 4.93. The largest absolute Gasteiger partial charge is 0.480 e. The lowest BCUT2D eigenvalue weighted by Gasteiger charge is -2.31. The molecule has 2 N–H and O–H groups in total. The summed E-state index contributed by atoms with van der Waals surface area (Å²) in [5.41, 5.74) is 0. The van der Waals surface area contributed by atoms with Crippen LogP contribution in [0.3, 0.4) is 0 Å². The summed E-state index contributed by atoms with van der Waals surface area (Å²) in [4.78, 5) is 12.7. The Morgan fingerprint density at radius 2 is 2.54 bits per heavy atom. The summed E-state index contributed by atoms with van der Waals surface area (Å²) in [6, 6.07) is -0.425. The fraction of sp³-hybridized carbons (Fsp3) is 0.875. The first-order valence-electron chi connectivity index (χ1n) is 4.41. The highest BCUT2D eigenvalue weighted by Crippen LogP contribution is 1.98. The van der Waals surface area contributed by atoms with Crippen LogP contribution in [0.1, 0.15) is 0 Å². The highest BCUT2D eigenvalue weighted by atomic mass is 16.5. The molecule has 1 fully saturated rings. The van der Waals surface area contributed by atoms with Crippen molar-refractivity contribution in [3.05, 3.63) is 0 Å². The minimum atomic E-state index is -0.776. The number of ether oxygens (including phenoxy) is 1. The molecule has 5 nitrogen and oxygen atoms in total. The highest BCUT2D eigenvalue weighted by Gasteiger charge is 2.23. The van der Waals surface area contributed by atoms with E-state index in [2.05, 4.69) is 10.2 Å². The van der Waals surface area contributed by atoms with Gasteiger partial charge < -0.3 is 15.2 Å². The minimum Gasteiger partial charge on any atom is -0.480 e. The molecule has 1 atom stereocenters. The normalized spacial score (nSPS) is 24.5. The molecule has 0 saturated carbocycles. The van der Waals surface area contributed by atoms with E-state index in [1.165, 1.54) is 0 Å². The molecule has 0 amide bonds. The van der Waals surface area contributed by atoms with E-state index in [0.29, 0.717) is 13.2 Å². The van der Waals surface area contributed by atoms with Gasteiger partial charge in [0, 0.05) is 33.3 Å². The van der Waals surface area contributed by atoms with Crippen LogP contribution in [0.2, 0.25) is 0 Å². The molecule has 0 aromatic rings. The topological polar surface area (TPSA) is 61.8 Å². The van der Waals surface area contributed by atoms with Crippen LogP contribution in [0.25, 0.3) is 0 Å². The average molecular weight is 188 g/mol. The Labute approximate surface area is 77.7 Å². The molecule has 1 unspecified atom stereocenters. The standard InChI is InChI=1S/C8H16N2O3/c1-13-5-4-10-3-2-9-7(6-10)8(11)12/h7,9H,2-6H2,1H3,(H,11,12). The molecule has 0 radical (unpaired) electrons. The third-order valence-corrected chi connectivity index (χ3v) is 2.17. The first-order valence-corrected chi connectivity index (χ1v) is 4.41. The van der Waals surface area contributed by atoms with Gasteiger partial charge in [0.15, 0.2) is 0 Å². The predicted octanol–water partition coefficient (Wildman–Crippen LogP) is -1.01. The van der Waals surface area contributed by atoms with Gasteiger partial charge in [0.25, 0.3) is 0 Å². The van der Waals surface area contributed by atoms with Crippen molar-refractivity contribution in [2.24, 2.45) is 0 Å². The maximum Gasteiger partial charge on any atom is 0.322 e. The molecule has 0 aromatic heterocycles.